The van der Waals surface area contributed by atoms with E-state index in [9.17, 15) is 9.90 Å². The summed E-state index contributed by atoms with van der Waals surface area (Å²) >= 11 is 3.55. The van der Waals surface area contributed by atoms with Crippen LogP contribution in [0.5, 0.6) is 5.75 Å². The largest absolute Gasteiger partial charge is 0.497 e. The van der Waals surface area contributed by atoms with Gasteiger partial charge in [0.25, 0.3) is 5.91 Å². The minimum atomic E-state index is -2.09. The smallest absolute Gasteiger partial charge is 0.261 e. The van der Waals surface area contributed by atoms with Crippen molar-refractivity contribution >= 4 is 40.8 Å². The summed E-state index contributed by atoms with van der Waals surface area (Å²) in [6.45, 7) is 6.83. The molecule has 1 saturated heterocycles. The molecule has 0 bridgehead atoms. The van der Waals surface area contributed by atoms with Gasteiger partial charge in [-0.25, -0.2) is 0 Å². The summed E-state index contributed by atoms with van der Waals surface area (Å²) in [5.74, 6) is 0.693. The Kier molecular flexibility index (Phi) is 5.59. The number of hydrogen-bond donors (Lipinski definition) is 2. The van der Waals surface area contributed by atoms with Gasteiger partial charge < -0.3 is 19.9 Å². The van der Waals surface area contributed by atoms with Crippen molar-refractivity contribution in [2.75, 3.05) is 19.0 Å². The predicted octanol–water partition coefficient (Wildman–Crippen LogP) is 4.01. The van der Waals surface area contributed by atoms with Crippen LogP contribution >= 0.6 is 15.9 Å². The standard InChI is InChI=1S/C23H28BrNO4Si/c1-14-21(30(3,4)17-8-6-16(28-2)7-9-17)20(11-12-26)29-23(14)18-13-15(24)5-10-19(18)25-22(23)27/h5-10,13-14,20-21,26H,11-12H2,1-4H3,(H,25,27)/t14-,20+,21-,23+/m0/s1. The molecule has 2 aliphatic rings. The molecule has 2 N–H and O–H groups in total. The van der Waals surface area contributed by atoms with Crippen LogP contribution in [-0.2, 0) is 15.1 Å². The van der Waals surface area contributed by atoms with Crippen molar-refractivity contribution < 1.29 is 19.4 Å². The number of fused-ring (bicyclic) bond motifs is 2. The van der Waals surface area contributed by atoms with Gasteiger partial charge in [0.2, 0.25) is 0 Å². The van der Waals surface area contributed by atoms with E-state index in [1.54, 1.807) is 7.11 Å². The minimum Gasteiger partial charge on any atom is -0.497 e. The third-order valence-electron chi connectivity index (χ3n) is 6.97. The molecule has 0 saturated carbocycles. The molecule has 2 heterocycles. The average Bonchev–Trinajstić information content (AvgIpc) is 3.17. The molecule has 1 amide bonds. The van der Waals surface area contributed by atoms with E-state index in [-0.39, 0.29) is 30.1 Å². The van der Waals surface area contributed by atoms with Gasteiger partial charge in [-0.15, -0.1) is 0 Å². The molecule has 2 aliphatic heterocycles. The Morgan fingerprint density at radius 1 is 1.23 bits per heavy atom. The van der Waals surface area contributed by atoms with Gasteiger partial charge in [0.1, 0.15) is 5.75 Å². The first-order valence-electron chi connectivity index (χ1n) is 10.3. The molecule has 7 heteroatoms. The van der Waals surface area contributed by atoms with Gasteiger partial charge >= 0.3 is 0 Å². The van der Waals surface area contributed by atoms with Crippen LogP contribution in [0.1, 0.15) is 18.9 Å². The molecular weight excluding hydrogens is 462 g/mol. The van der Waals surface area contributed by atoms with E-state index in [2.05, 4.69) is 53.4 Å². The highest BCUT2D eigenvalue weighted by Gasteiger charge is 2.64. The lowest BCUT2D eigenvalue weighted by Crippen LogP contribution is -2.51. The molecule has 160 valence electrons. The molecule has 1 spiro atoms. The molecule has 4 rings (SSSR count). The van der Waals surface area contributed by atoms with Crippen LogP contribution in [0.2, 0.25) is 18.6 Å². The zero-order valence-corrected chi connectivity index (χ0v) is 20.3. The van der Waals surface area contributed by atoms with Crippen molar-refractivity contribution in [1.29, 1.82) is 0 Å². The molecule has 5 nitrogen and oxygen atoms in total. The van der Waals surface area contributed by atoms with E-state index >= 15 is 0 Å². The first-order valence-corrected chi connectivity index (χ1v) is 14.2. The number of benzene rings is 2. The van der Waals surface area contributed by atoms with Gasteiger partial charge in [-0.2, -0.15) is 0 Å². The number of aliphatic hydroxyl groups is 1. The lowest BCUT2D eigenvalue weighted by molar-refractivity contribution is -0.143. The highest BCUT2D eigenvalue weighted by molar-refractivity contribution is 9.10. The topological polar surface area (TPSA) is 67.8 Å². The van der Waals surface area contributed by atoms with Crippen LogP contribution in [0.4, 0.5) is 5.69 Å². The summed E-state index contributed by atoms with van der Waals surface area (Å²) in [6, 6.07) is 14.1. The van der Waals surface area contributed by atoms with Crippen molar-refractivity contribution in [1.82, 2.24) is 0 Å². The monoisotopic (exact) mass is 489 g/mol. The zero-order valence-electron chi connectivity index (χ0n) is 17.7. The Hall–Kier alpha value is -1.67. The van der Waals surface area contributed by atoms with Crippen LogP contribution < -0.4 is 15.2 Å². The Morgan fingerprint density at radius 2 is 1.93 bits per heavy atom. The lowest BCUT2D eigenvalue weighted by Gasteiger charge is -2.37. The third kappa shape index (κ3) is 3.14. The van der Waals surface area contributed by atoms with Gasteiger partial charge in [-0.05, 0) is 42.3 Å². The van der Waals surface area contributed by atoms with Crippen molar-refractivity contribution in [2.45, 2.75) is 43.7 Å². The maximum absolute atomic E-state index is 13.3. The number of rotatable bonds is 5. The van der Waals surface area contributed by atoms with Gasteiger partial charge in [0.15, 0.2) is 5.60 Å². The third-order valence-corrected chi connectivity index (χ3v) is 11.8. The molecule has 30 heavy (non-hydrogen) atoms. The number of hydrogen-bond acceptors (Lipinski definition) is 4. The molecule has 2 aromatic rings. The second-order valence-electron chi connectivity index (χ2n) is 8.81. The van der Waals surface area contributed by atoms with Crippen LogP contribution in [-0.4, -0.2) is 38.9 Å². The number of aliphatic hydroxyl groups excluding tert-OH is 1. The number of nitrogens with one attached hydrogen (secondary N) is 1. The zero-order chi connectivity index (χ0) is 21.7. The highest BCUT2D eigenvalue weighted by atomic mass is 79.9. The summed E-state index contributed by atoms with van der Waals surface area (Å²) in [5, 5.41) is 14.1. The van der Waals surface area contributed by atoms with Gasteiger partial charge in [0.05, 0.1) is 21.3 Å². The van der Waals surface area contributed by atoms with E-state index < -0.39 is 13.7 Å². The lowest BCUT2D eigenvalue weighted by atomic mass is 9.82. The average molecular weight is 490 g/mol. The van der Waals surface area contributed by atoms with Crippen molar-refractivity contribution in [3.05, 3.63) is 52.5 Å². The van der Waals surface area contributed by atoms with E-state index in [0.717, 1.165) is 21.5 Å². The second-order valence-corrected chi connectivity index (χ2v) is 14.4. The molecule has 0 unspecified atom stereocenters. The van der Waals surface area contributed by atoms with Gasteiger partial charge in [-0.1, -0.05) is 53.3 Å². The van der Waals surface area contributed by atoms with E-state index in [1.807, 2.05) is 30.3 Å². The van der Waals surface area contributed by atoms with Crippen LogP contribution in [0, 0.1) is 5.92 Å². The van der Waals surface area contributed by atoms with Gasteiger partial charge in [-0.3, -0.25) is 4.79 Å². The van der Waals surface area contributed by atoms with Crippen LogP contribution in [0.3, 0.4) is 0 Å². The maximum atomic E-state index is 13.3. The van der Waals surface area contributed by atoms with Crippen LogP contribution in [0.25, 0.3) is 0 Å². The number of amides is 1. The summed E-state index contributed by atoms with van der Waals surface area (Å²) in [4.78, 5) is 13.3. The van der Waals surface area contributed by atoms with Gasteiger partial charge in [0, 0.05) is 28.2 Å². The first-order chi connectivity index (χ1) is 14.3. The van der Waals surface area contributed by atoms with E-state index in [0.29, 0.717) is 6.42 Å². The van der Waals surface area contributed by atoms with E-state index in [4.69, 9.17) is 9.47 Å². The normalized spacial score (nSPS) is 27.9. The number of halogens is 1. The molecule has 0 aliphatic carbocycles. The highest BCUT2D eigenvalue weighted by Crippen LogP contribution is 2.58. The Bertz CT molecular complexity index is 964. The number of carbonyl (C=O) groups is 1. The molecule has 4 atom stereocenters. The quantitative estimate of drug-likeness (QED) is 0.622. The fourth-order valence-corrected chi connectivity index (χ4v) is 9.92. The molecular formula is C23H28BrNO4Si. The molecule has 0 radical (unpaired) electrons. The summed E-state index contributed by atoms with van der Waals surface area (Å²) in [6.07, 6.45) is 0.324. The number of ether oxygens (including phenoxy) is 2. The van der Waals surface area contributed by atoms with Crippen LogP contribution in [0.15, 0.2) is 46.9 Å². The minimum absolute atomic E-state index is 0.0318. The van der Waals surface area contributed by atoms with E-state index in [1.165, 1.54) is 5.19 Å². The molecule has 0 aromatic heterocycles. The summed E-state index contributed by atoms with van der Waals surface area (Å²) in [7, 11) is -0.420. The van der Waals surface area contributed by atoms with Crippen molar-refractivity contribution in [3.8, 4) is 5.75 Å². The fraction of sp³-hybridized carbons (Fsp3) is 0.435. The fourth-order valence-electron chi connectivity index (χ4n) is 5.50. The Balaban J connectivity index is 1.81. The second kappa shape index (κ2) is 7.78. The maximum Gasteiger partial charge on any atom is 0.261 e. The molecule has 2 aromatic carbocycles. The summed E-state index contributed by atoms with van der Waals surface area (Å²) < 4.78 is 12.9. The predicted molar refractivity (Wildman–Crippen MR) is 124 cm³/mol. The van der Waals surface area contributed by atoms with Crippen molar-refractivity contribution in [3.63, 3.8) is 0 Å². The Morgan fingerprint density at radius 3 is 2.57 bits per heavy atom. The first kappa shape index (κ1) is 21.6. The SMILES string of the molecule is COc1ccc([Si](C)(C)[C@@H]2[C@@H](CCO)O[C@]3(C(=O)Nc4ccc(Br)cc43)[C@H]2C)cc1. The Labute approximate surface area is 186 Å². The molecule has 1 fully saturated rings. The number of anilines is 1. The number of carbonyl (C=O) groups excluding carboxylic acids is 1. The number of methoxy groups -OCH3 is 1. The van der Waals surface area contributed by atoms with Crippen molar-refractivity contribution in [2.24, 2.45) is 5.92 Å². The summed E-state index contributed by atoms with van der Waals surface area (Å²) in [5.41, 5.74) is 0.829.